The number of nitro benzene ring substituents is 1. The summed E-state index contributed by atoms with van der Waals surface area (Å²) in [5.41, 5.74) is 3.15. The SMILES string of the molecule is Cc1cccc(N2CCN(CC(=O)N(C)c3ccc([N+](=O)[O-])cc3)CC2)c1. The van der Waals surface area contributed by atoms with E-state index in [0.717, 1.165) is 26.2 Å². The van der Waals surface area contributed by atoms with Gasteiger partial charge in [-0.1, -0.05) is 12.1 Å². The second-order valence-electron chi connectivity index (χ2n) is 6.83. The molecule has 0 unspecified atom stereocenters. The molecule has 1 aliphatic rings. The minimum absolute atomic E-state index is 0.0202. The zero-order chi connectivity index (χ0) is 19.4. The minimum atomic E-state index is -0.445. The zero-order valence-electron chi connectivity index (χ0n) is 15.7. The highest BCUT2D eigenvalue weighted by Gasteiger charge is 2.21. The van der Waals surface area contributed by atoms with Crippen molar-refractivity contribution in [1.29, 1.82) is 0 Å². The molecule has 142 valence electrons. The van der Waals surface area contributed by atoms with E-state index in [1.165, 1.54) is 23.4 Å². The number of hydrogen-bond donors (Lipinski definition) is 0. The Bertz CT molecular complexity index is 814. The molecule has 0 aliphatic carbocycles. The van der Waals surface area contributed by atoms with Crippen LogP contribution < -0.4 is 9.80 Å². The second-order valence-corrected chi connectivity index (χ2v) is 6.83. The van der Waals surface area contributed by atoms with Gasteiger partial charge >= 0.3 is 0 Å². The highest BCUT2D eigenvalue weighted by molar-refractivity contribution is 5.94. The first-order valence-corrected chi connectivity index (χ1v) is 8.99. The van der Waals surface area contributed by atoms with Gasteiger partial charge in [0.2, 0.25) is 5.91 Å². The molecule has 1 fully saturated rings. The zero-order valence-corrected chi connectivity index (χ0v) is 15.7. The fourth-order valence-electron chi connectivity index (χ4n) is 3.23. The number of likely N-dealkylation sites (N-methyl/N-ethyl adjacent to an activating group) is 1. The van der Waals surface area contributed by atoms with Crippen molar-refractivity contribution in [3.63, 3.8) is 0 Å². The molecule has 1 heterocycles. The first-order valence-electron chi connectivity index (χ1n) is 8.99. The fraction of sp³-hybridized carbons (Fsp3) is 0.350. The third-order valence-corrected chi connectivity index (χ3v) is 4.92. The van der Waals surface area contributed by atoms with Gasteiger partial charge in [0.1, 0.15) is 0 Å². The molecule has 1 amide bonds. The van der Waals surface area contributed by atoms with Crippen LogP contribution in [0, 0.1) is 17.0 Å². The molecule has 7 heteroatoms. The Kier molecular flexibility index (Phi) is 5.71. The van der Waals surface area contributed by atoms with Crippen LogP contribution in [0.1, 0.15) is 5.56 Å². The summed E-state index contributed by atoms with van der Waals surface area (Å²) in [7, 11) is 1.70. The van der Waals surface area contributed by atoms with Crippen molar-refractivity contribution in [2.45, 2.75) is 6.92 Å². The van der Waals surface area contributed by atoms with Crippen LogP contribution in [0.25, 0.3) is 0 Å². The van der Waals surface area contributed by atoms with E-state index < -0.39 is 4.92 Å². The molecule has 0 radical (unpaired) electrons. The number of anilines is 2. The van der Waals surface area contributed by atoms with E-state index in [0.29, 0.717) is 12.2 Å². The van der Waals surface area contributed by atoms with Gasteiger partial charge < -0.3 is 9.80 Å². The number of nitro groups is 1. The molecule has 0 saturated carbocycles. The number of carbonyl (C=O) groups is 1. The first-order chi connectivity index (χ1) is 12.9. The van der Waals surface area contributed by atoms with E-state index >= 15 is 0 Å². The Morgan fingerprint density at radius 3 is 2.37 bits per heavy atom. The van der Waals surface area contributed by atoms with Crippen LogP contribution in [0.15, 0.2) is 48.5 Å². The number of non-ortho nitro benzene ring substituents is 1. The Balaban J connectivity index is 1.53. The molecule has 0 spiro atoms. The van der Waals surface area contributed by atoms with Crippen LogP contribution in [0.4, 0.5) is 17.1 Å². The summed E-state index contributed by atoms with van der Waals surface area (Å²) < 4.78 is 0. The molecule has 2 aromatic rings. The molecule has 0 aromatic heterocycles. The molecule has 3 rings (SSSR count). The summed E-state index contributed by atoms with van der Waals surface area (Å²) in [4.78, 5) is 28.9. The van der Waals surface area contributed by atoms with Gasteiger partial charge in [-0.05, 0) is 36.8 Å². The van der Waals surface area contributed by atoms with E-state index in [9.17, 15) is 14.9 Å². The number of nitrogens with zero attached hydrogens (tertiary/aromatic N) is 4. The smallest absolute Gasteiger partial charge is 0.269 e. The number of aryl methyl sites for hydroxylation is 1. The fourth-order valence-corrected chi connectivity index (χ4v) is 3.23. The van der Waals surface area contributed by atoms with Crippen LogP contribution >= 0.6 is 0 Å². The molecule has 27 heavy (non-hydrogen) atoms. The molecular formula is C20H24N4O3. The number of rotatable bonds is 5. The molecule has 0 atom stereocenters. The van der Waals surface area contributed by atoms with Crippen LogP contribution in [-0.2, 0) is 4.79 Å². The van der Waals surface area contributed by atoms with Crippen molar-refractivity contribution in [3.05, 3.63) is 64.2 Å². The van der Waals surface area contributed by atoms with Gasteiger partial charge in [-0.3, -0.25) is 19.8 Å². The molecule has 1 saturated heterocycles. The Labute approximate surface area is 158 Å². The van der Waals surface area contributed by atoms with Gasteiger partial charge in [0.25, 0.3) is 5.69 Å². The predicted octanol–water partition coefficient (Wildman–Crippen LogP) is 2.69. The second kappa shape index (κ2) is 8.18. The summed E-state index contributed by atoms with van der Waals surface area (Å²) in [6, 6.07) is 14.5. The molecule has 0 bridgehead atoms. The molecule has 0 N–H and O–H groups in total. The Hall–Kier alpha value is -2.93. The molecular weight excluding hydrogens is 344 g/mol. The van der Waals surface area contributed by atoms with Gasteiger partial charge in [-0.2, -0.15) is 0 Å². The lowest BCUT2D eigenvalue weighted by Crippen LogP contribution is -2.49. The number of amides is 1. The number of carbonyl (C=O) groups excluding carboxylic acids is 1. The molecule has 2 aromatic carbocycles. The van der Waals surface area contributed by atoms with E-state index in [4.69, 9.17) is 0 Å². The predicted molar refractivity (Wildman–Crippen MR) is 106 cm³/mol. The third-order valence-electron chi connectivity index (χ3n) is 4.92. The lowest BCUT2D eigenvalue weighted by molar-refractivity contribution is -0.384. The van der Waals surface area contributed by atoms with E-state index in [-0.39, 0.29) is 11.6 Å². The van der Waals surface area contributed by atoms with Crippen LogP contribution in [0.5, 0.6) is 0 Å². The van der Waals surface area contributed by atoms with Gasteiger partial charge in [0, 0.05) is 56.7 Å². The van der Waals surface area contributed by atoms with Crippen LogP contribution in [-0.4, -0.2) is 55.5 Å². The van der Waals surface area contributed by atoms with Crippen LogP contribution in [0.2, 0.25) is 0 Å². The highest BCUT2D eigenvalue weighted by Crippen LogP contribution is 2.20. The molecule has 1 aliphatic heterocycles. The number of piperazine rings is 1. The average Bonchev–Trinajstić information content (AvgIpc) is 2.68. The monoisotopic (exact) mass is 368 g/mol. The summed E-state index contributed by atoms with van der Waals surface area (Å²) in [5, 5.41) is 10.7. The number of hydrogen-bond acceptors (Lipinski definition) is 5. The third kappa shape index (κ3) is 4.62. The normalized spacial score (nSPS) is 14.8. The standard InChI is InChI=1S/C20H24N4O3/c1-16-4-3-5-19(14-16)23-12-10-22(11-13-23)15-20(25)21(2)17-6-8-18(9-7-17)24(26)27/h3-9,14H,10-13,15H2,1-2H3. The van der Waals surface area contributed by atoms with Crippen molar-refractivity contribution in [2.75, 3.05) is 49.6 Å². The van der Waals surface area contributed by atoms with Gasteiger partial charge in [-0.25, -0.2) is 0 Å². The number of benzene rings is 2. The average molecular weight is 368 g/mol. The highest BCUT2D eigenvalue weighted by atomic mass is 16.6. The van der Waals surface area contributed by atoms with E-state index in [2.05, 4.69) is 41.0 Å². The van der Waals surface area contributed by atoms with Crippen molar-refractivity contribution in [1.82, 2.24) is 4.90 Å². The van der Waals surface area contributed by atoms with E-state index in [1.54, 1.807) is 24.1 Å². The maximum atomic E-state index is 12.6. The van der Waals surface area contributed by atoms with Crippen molar-refractivity contribution >= 4 is 23.0 Å². The largest absolute Gasteiger partial charge is 0.369 e. The summed E-state index contributed by atoms with van der Waals surface area (Å²) in [6.45, 7) is 5.86. The lowest BCUT2D eigenvalue weighted by Gasteiger charge is -2.36. The lowest BCUT2D eigenvalue weighted by atomic mass is 10.2. The maximum absolute atomic E-state index is 12.6. The van der Waals surface area contributed by atoms with E-state index in [1.807, 2.05) is 0 Å². The molecule has 7 nitrogen and oxygen atoms in total. The summed E-state index contributed by atoms with van der Waals surface area (Å²) in [6.07, 6.45) is 0. The van der Waals surface area contributed by atoms with Crippen molar-refractivity contribution < 1.29 is 9.72 Å². The Morgan fingerprint density at radius 2 is 1.78 bits per heavy atom. The van der Waals surface area contributed by atoms with Gasteiger partial charge in [-0.15, -0.1) is 0 Å². The summed E-state index contributed by atoms with van der Waals surface area (Å²) >= 11 is 0. The van der Waals surface area contributed by atoms with Crippen molar-refractivity contribution in [3.8, 4) is 0 Å². The quantitative estimate of drug-likeness (QED) is 0.599. The minimum Gasteiger partial charge on any atom is -0.369 e. The van der Waals surface area contributed by atoms with Gasteiger partial charge in [0.05, 0.1) is 11.5 Å². The topological polar surface area (TPSA) is 69.9 Å². The van der Waals surface area contributed by atoms with Crippen molar-refractivity contribution in [2.24, 2.45) is 0 Å². The first kappa shape index (κ1) is 18.8. The van der Waals surface area contributed by atoms with Crippen LogP contribution in [0.3, 0.4) is 0 Å². The maximum Gasteiger partial charge on any atom is 0.269 e. The Morgan fingerprint density at radius 1 is 1.11 bits per heavy atom. The van der Waals surface area contributed by atoms with Gasteiger partial charge in [0.15, 0.2) is 0 Å². The summed E-state index contributed by atoms with van der Waals surface area (Å²) in [5.74, 6) is -0.0205.